The first-order chi connectivity index (χ1) is 11.4. The molecule has 5 nitrogen and oxygen atoms in total. The van der Waals surface area contributed by atoms with E-state index < -0.39 is 0 Å². The minimum absolute atomic E-state index is 0.121. The zero-order valence-electron chi connectivity index (χ0n) is 13.0. The molecule has 0 aromatic heterocycles. The lowest BCUT2D eigenvalue weighted by atomic mass is 10.1. The van der Waals surface area contributed by atoms with Crippen molar-refractivity contribution in [2.45, 2.75) is 0 Å². The summed E-state index contributed by atoms with van der Waals surface area (Å²) in [4.78, 5) is 4.53. The number of anilines is 5. The number of hydrogen-bond acceptors (Lipinski definition) is 5. The topological polar surface area (TPSA) is 48.0 Å². The minimum Gasteiger partial charge on any atom is -0.395 e. The minimum atomic E-state index is 0.121. The molecule has 0 unspecified atom stereocenters. The van der Waals surface area contributed by atoms with Crippen LogP contribution < -0.4 is 15.1 Å². The van der Waals surface area contributed by atoms with Crippen molar-refractivity contribution in [1.82, 2.24) is 0 Å². The fraction of sp³-hybridized carbons (Fsp3) is 0.333. The van der Waals surface area contributed by atoms with E-state index in [1.165, 1.54) is 5.69 Å². The van der Waals surface area contributed by atoms with Crippen LogP contribution in [0.1, 0.15) is 0 Å². The average molecular weight is 311 g/mol. The summed E-state index contributed by atoms with van der Waals surface area (Å²) in [6, 6.07) is 14.7. The fourth-order valence-corrected chi connectivity index (χ4v) is 3.30. The molecule has 0 aliphatic carbocycles. The van der Waals surface area contributed by atoms with Crippen LogP contribution >= 0.6 is 0 Å². The monoisotopic (exact) mass is 311 g/mol. The number of aliphatic hydroxyl groups excluding tert-OH is 1. The summed E-state index contributed by atoms with van der Waals surface area (Å²) < 4.78 is 5.44. The lowest BCUT2D eigenvalue weighted by Gasteiger charge is -2.35. The molecule has 2 aromatic rings. The fourth-order valence-electron chi connectivity index (χ4n) is 3.30. The second-order valence-electron chi connectivity index (χ2n) is 5.82. The number of β-amino-alcohol motifs (C(OH)–C–C–N with tert-alkyl or cyclic N) is 1. The first kappa shape index (κ1) is 14.4. The van der Waals surface area contributed by atoms with Gasteiger partial charge in [0.15, 0.2) is 0 Å². The maximum Gasteiger partial charge on any atom is 0.0672 e. The summed E-state index contributed by atoms with van der Waals surface area (Å²) in [5.41, 5.74) is 5.58. The van der Waals surface area contributed by atoms with Gasteiger partial charge < -0.3 is 25.0 Å². The van der Waals surface area contributed by atoms with E-state index in [4.69, 9.17) is 4.74 Å². The number of ether oxygens (including phenoxy) is 1. The Morgan fingerprint density at radius 2 is 1.78 bits per heavy atom. The third-order valence-corrected chi connectivity index (χ3v) is 4.44. The van der Waals surface area contributed by atoms with Crippen molar-refractivity contribution in [2.75, 3.05) is 54.6 Å². The van der Waals surface area contributed by atoms with Crippen molar-refractivity contribution >= 4 is 28.4 Å². The molecule has 2 aliphatic rings. The van der Waals surface area contributed by atoms with Crippen LogP contribution in [0.25, 0.3) is 0 Å². The molecule has 0 atom stereocenters. The van der Waals surface area contributed by atoms with Crippen LogP contribution in [0.5, 0.6) is 0 Å². The molecular weight excluding hydrogens is 290 g/mol. The van der Waals surface area contributed by atoms with E-state index in [0.29, 0.717) is 6.54 Å². The van der Waals surface area contributed by atoms with Gasteiger partial charge in [0.25, 0.3) is 0 Å². The van der Waals surface area contributed by atoms with Gasteiger partial charge in [-0.2, -0.15) is 0 Å². The average Bonchev–Trinajstić information content (AvgIpc) is 2.62. The van der Waals surface area contributed by atoms with Crippen molar-refractivity contribution in [1.29, 1.82) is 0 Å². The Hall–Kier alpha value is -2.24. The molecule has 0 bridgehead atoms. The van der Waals surface area contributed by atoms with Gasteiger partial charge in [-0.1, -0.05) is 12.1 Å². The number of hydrogen-bond donors (Lipinski definition) is 2. The number of para-hydroxylation sites is 2. The van der Waals surface area contributed by atoms with E-state index >= 15 is 0 Å². The molecule has 0 radical (unpaired) electrons. The smallest absolute Gasteiger partial charge is 0.0672 e. The van der Waals surface area contributed by atoms with Crippen LogP contribution in [0.3, 0.4) is 0 Å². The highest BCUT2D eigenvalue weighted by Gasteiger charge is 2.23. The molecule has 0 amide bonds. The van der Waals surface area contributed by atoms with Gasteiger partial charge in [0.05, 0.1) is 42.6 Å². The van der Waals surface area contributed by atoms with Crippen LogP contribution in [0.15, 0.2) is 42.5 Å². The Balaban J connectivity index is 1.73. The summed E-state index contributed by atoms with van der Waals surface area (Å²) in [6.45, 7) is 4.09. The van der Waals surface area contributed by atoms with E-state index in [2.05, 4.69) is 45.4 Å². The Kier molecular flexibility index (Phi) is 3.81. The normalized spacial score (nSPS) is 16.6. The maximum absolute atomic E-state index is 9.50. The molecule has 23 heavy (non-hydrogen) atoms. The number of fused-ring (bicyclic) bond motifs is 2. The lowest BCUT2D eigenvalue weighted by Crippen LogP contribution is -2.36. The maximum atomic E-state index is 9.50. The summed E-state index contributed by atoms with van der Waals surface area (Å²) >= 11 is 0. The summed E-state index contributed by atoms with van der Waals surface area (Å²) in [5, 5.41) is 13.0. The number of aliphatic hydroxyl groups is 1. The molecular formula is C18H21N3O2. The van der Waals surface area contributed by atoms with Crippen LogP contribution in [-0.2, 0) is 4.74 Å². The molecule has 1 fully saturated rings. The van der Waals surface area contributed by atoms with Gasteiger partial charge in [-0.3, -0.25) is 0 Å². The molecule has 2 heterocycles. The van der Waals surface area contributed by atoms with Crippen molar-refractivity contribution < 1.29 is 9.84 Å². The van der Waals surface area contributed by atoms with Gasteiger partial charge >= 0.3 is 0 Å². The van der Waals surface area contributed by atoms with E-state index in [1.807, 2.05) is 12.1 Å². The Labute approximate surface area is 136 Å². The van der Waals surface area contributed by atoms with Gasteiger partial charge in [0, 0.05) is 25.3 Å². The molecule has 5 heteroatoms. The number of nitrogens with one attached hydrogen (secondary N) is 1. The van der Waals surface area contributed by atoms with Crippen LogP contribution in [0.4, 0.5) is 28.4 Å². The van der Waals surface area contributed by atoms with E-state index in [9.17, 15) is 5.11 Å². The van der Waals surface area contributed by atoms with Gasteiger partial charge in [-0.15, -0.1) is 0 Å². The number of nitrogens with zero attached hydrogens (tertiary/aromatic N) is 2. The second kappa shape index (κ2) is 6.10. The summed E-state index contributed by atoms with van der Waals surface area (Å²) in [7, 11) is 0. The Morgan fingerprint density at radius 1 is 1.00 bits per heavy atom. The van der Waals surface area contributed by atoms with Crippen LogP contribution in [0.2, 0.25) is 0 Å². The standard InChI is InChI=1S/C18H21N3O2/c22-10-7-21-17-4-2-1-3-15(17)19-16-6-5-14(13-18(16)21)20-8-11-23-12-9-20/h1-6,13,19,22H,7-12H2. The van der Waals surface area contributed by atoms with E-state index in [-0.39, 0.29) is 6.61 Å². The highest BCUT2D eigenvalue weighted by atomic mass is 16.5. The van der Waals surface area contributed by atoms with Gasteiger partial charge in [0.2, 0.25) is 0 Å². The molecule has 1 saturated heterocycles. The quantitative estimate of drug-likeness (QED) is 0.913. The predicted octanol–water partition coefficient (Wildman–Crippen LogP) is 2.71. The van der Waals surface area contributed by atoms with Gasteiger partial charge in [-0.25, -0.2) is 0 Å². The highest BCUT2D eigenvalue weighted by Crippen LogP contribution is 2.44. The Morgan fingerprint density at radius 3 is 2.61 bits per heavy atom. The lowest BCUT2D eigenvalue weighted by molar-refractivity contribution is 0.122. The number of rotatable bonds is 3. The molecule has 2 aliphatic heterocycles. The SMILES string of the molecule is OCCN1c2ccccc2Nc2ccc(N3CCOCC3)cc21. The third kappa shape index (κ3) is 2.62. The predicted molar refractivity (Wildman–Crippen MR) is 93.3 cm³/mol. The zero-order chi connectivity index (χ0) is 15.6. The first-order valence-corrected chi connectivity index (χ1v) is 8.08. The number of morpholine rings is 1. The summed E-state index contributed by atoms with van der Waals surface area (Å²) in [6.07, 6.45) is 0. The van der Waals surface area contributed by atoms with Crippen molar-refractivity contribution in [3.63, 3.8) is 0 Å². The zero-order valence-corrected chi connectivity index (χ0v) is 13.0. The molecule has 0 spiro atoms. The van der Waals surface area contributed by atoms with E-state index in [1.54, 1.807) is 0 Å². The van der Waals surface area contributed by atoms with Crippen molar-refractivity contribution in [3.05, 3.63) is 42.5 Å². The van der Waals surface area contributed by atoms with Crippen LogP contribution in [-0.4, -0.2) is 44.6 Å². The van der Waals surface area contributed by atoms with Crippen molar-refractivity contribution in [3.8, 4) is 0 Å². The molecule has 4 rings (SSSR count). The van der Waals surface area contributed by atoms with E-state index in [0.717, 1.165) is 49.1 Å². The molecule has 2 N–H and O–H groups in total. The first-order valence-electron chi connectivity index (χ1n) is 8.08. The third-order valence-electron chi connectivity index (χ3n) is 4.44. The molecule has 0 saturated carbocycles. The highest BCUT2D eigenvalue weighted by molar-refractivity contribution is 5.93. The molecule has 2 aromatic carbocycles. The van der Waals surface area contributed by atoms with Gasteiger partial charge in [0.1, 0.15) is 0 Å². The largest absolute Gasteiger partial charge is 0.395 e. The Bertz CT molecular complexity index is 698. The second-order valence-corrected chi connectivity index (χ2v) is 5.82. The number of benzene rings is 2. The van der Waals surface area contributed by atoms with Crippen LogP contribution in [0, 0.1) is 0 Å². The molecule has 120 valence electrons. The van der Waals surface area contributed by atoms with Crippen molar-refractivity contribution in [2.24, 2.45) is 0 Å². The summed E-state index contributed by atoms with van der Waals surface area (Å²) in [5.74, 6) is 0. The van der Waals surface area contributed by atoms with Gasteiger partial charge in [-0.05, 0) is 30.3 Å².